The fraction of sp³-hybridized carbons (Fsp3) is 0.640. The highest BCUT2D eigenvalue weighted by molar-refractivity contribution is 5.81. The fourth-order valence-electron chi connectivity index (χ4n) is 4.75. The molecule has 0 radical (unpaired) electrons. The maximum atomic E-state index is 11.9. The molecule has 0 heterocycles. The second-order valence-electron chi connectivity index (χ2n) is 10.1. The maximum Gasteiger partial charge on any atom is 0.225 e. The molecule has 3 aliphatic carbocycles. The van der Waals surface area contributed by atoms with Gasteiger partial charge in [-0.3, -0.25) is 4.79 Å². The molecule has 3 atom stereocenters. The van der Waals surface area contributed by atoms with Crippen LogP contribution in [0.3, 0.4) is 0 Å². The first-order valence-corrected chi connectivity index (χ1v) is 11.2. The van der Waals surface area contributed by atoms with Crippen LogP contribution in [0.25, 0.3) is 5.57 Å². The molecule has 2 N–H and O–H groups in total. The Morgan fingerprint density at radius 2 is 1.93 bits per heavy atom. The Kier molecular flexibility index (Phi) is 6.85. The molecule has 3 aliphatic rings. The summed E-state index contributed by atoms with van der Waals surface area (Å²) >= 11 is 0. The molecule has 4 heteroatoms. The lowest BCUT2D eigenvalue weighted by Crippen LogP contribution is -2.48. The van der Waals surface area contributed by atoms with E-state index in [1.54, 1.807) is 0 Å². The van der Waals surface area contributed by atoms with Gasteiger partial charge in [0.1, 0.15) is 0 Å². The monoisotopic (exact) mass is 398 g/mol. The van der Waals surface area contributed by atoms with E-state index in [9.17, 15) is 9.90 Å². The number of hydrogen-bond donors (Lipinski definition) is 2. The zero-order chi connectivity index (χ0) is 21.1. The number of rotatable bonds is 8. The highest BCUT2D eigenvalue weighted by Gasteiger charge is 2.46. The molecule has 1 fully saturated rings. The third-order valence-corrected chi connectivity index (χ3v) is 6.65. The number of aliphatic hydroxyl groups is 1. The Morgan fingerprint density at radius 3 is 2.55 bits per heavy atom. The van der Waals surface area contributed by atoms with Crippen LogP contribution in [0, 0.1) is 17.3 Å². The van der Waals surface area contributed by atoms with Crippen molar-refractivity contribution in [3.05, 3.63) is 42.0 Å². The van der Waals surface area contributed by atoms with Gasteiger partial charge in [-0.05, 0) is 62.8 Å². The van der Waals surface area contributed by atoms with Gasteiger partial charge in [0.05, 0.1) is 5.60 Å². The van der Waals surface area contributed by atoms with Crippen molar-refractivity contribution in [3.63, 3.8) is 0 Å². The highest BCUT2D eigenvalue weighted by Crippen LogP contribution is 2.51. The molecule has 0 spiro atoms. The van der Waals surface area contributed by atoms with Gasteiger partial charge in [-0.25, -0.2) is 0 Å². The van der Waals surface area contributed by atoms with Gasteiger partial charge in [0, 0.05) is 24.4 Å². The van der Waals surface area contributed by atoms with Crippen LogP contribution < -0.4 is 5.32 Å². The summed E-state index contributed by atoms with van der Waals surface area (Å²) in [5, 5.41) is 14.4. The molecule has 0 saturated heterocycles. The smallest absolute Gasteiger partial charge is 0.225 e. The summed E-state index contributed by atoms with van der Waals surface area (Å²) in [6.45, 7) is 8.33. The van der Waals surface area contributed by atoms with Gasteiger partial charge < -0.3 is 15.3 Å². The van der Waals surface area contributed by atoms with Crippen LogP contribution in [0.15, 0.2) is 36.4 Å². The minimum absolute atomic E-state index is 0.105. The third kappa shape index (κ3) is 5.49. The summed E-state index contributed by atoms with van der Waals surface area (Å²) in [7, 11) is 2.11. The van der Waals surface area contributed by atoms with Crippen molar-refractivity contribution >= 4 is 11.5 Å². The number of nitrogens with zero attached hydrogens (tertiary/aromatic N) is 1. The molecule has 1 aromatic carbocycles. The van der Waals surface area contributed by atoms with Crippen LogP contribution >= 0.6 is 0 Å². The molecule has 2 bridgehead atoms. The number of carbonyl (C=O) groups excluding carboxylic acids is 1. The normalized spacial score (nSPS) is 26.5. The van der Waals surface area contributed by atoms with Gasteiger partial charge in [-0.15, -0.1) is 0 Å². The standard InChI is InChI=1S/C25H38N2O2/c1-24(2,3)23(28)26-14-8-15-27(4)16-13-25(29)18-20-11-12-21(25)17-22(20)19-9-6-5-7-10-19/h5-7,9-10,17,20-21,29H,8,11-16,18H2,1-4H3,(H,26,28). The molecular weight excluding hydrogens is 360 g/mol. The van der Waals surface area contributed by atoms with Gasteiger partial charge in [-0.2, -0.15) is 0 Å². The van der Waals surface area contributed by atoms with Crippen LogP contribution in [-0.4, -0.2) is 48.2 Å². The Balaban J connectivity index is 1.46. The lowest BCUT2D eigenvalue weighted by molar-refractivity contribution is -0.128. The number of carbonyl (C=O) groups is 1. The first-order chi connectivity index (χ1) is 13.7. The van der Waals surface area contributed by atoms with Crippen molar-refractivity contribution in [2.45, 2.75) is 58.5 Å². The van der Waals surface area contributed by atoms with Gasteiger partial charge >= 0.3 is 0 Å². The van der Waals surface area contributed by atoms with Crippen molar-refractivity contribution in [1.29, 1.82) is 0 Å². The molecule has 1 aromatic rings. The Morgan fingerprint density at radius 1 is 1.21 bits per heavy atom. The van der Waals surface area contributed by atoms with Crippen LogP contribution in [0.5, 0.6) is 0 Å². The van der Waals surface area contributed by atoms with E-state index in [2.05, 4.69) is 53.7 Å². The zero-order valence-corrected chi connectivity index (χ0v) is 18.6. The van der Waals surface area contributed by atoms with E-state index >= 15 is 0 Å². The number of amides is 1. The second-order valence-corrected chi connectivity index (χ2v) is 10.1. The van der Waals surface area contributed by atoms with Crippen LogP contribution in [0.2, 0.25) is 0 Å². The lowest BCUT2D eigenvalue weighted by atomic mass is 9.61. The van der Waals surface area contributed by atoms with Crippen molar-refractivity contribution in [1.82, 2.24) is 10.2 Å². The molecule has 0 aliphatic heterocycles. The van der Waals surface area contributed by atoms with Crippen molar-refractivity contribution in [2.75, 3.05) is 26.7 Å². The van der Waals surface area contributed by atoms with E-state index in [0.29, 0.717) is 12.5 Å². The summed E-state index contributed by atoms with van der Waals surface area (Å²) in [6, 6.07) is 10.6. The number of allylic oxidation sites excluding steroid dienone is 1. The largest absolute Gasteiger partial charge is 0.389 e. The minimum Gasteiger partial charge on any atom is -0.389 e. The first kappa shape index (κ1) is 22.0. The van der Waals surface area contributed by atoms with E-state index < -0.39 is 5.60 Å². The van der Waals surface area contributed by atoms with Crippen LogP contribution in [0.1, 0.15) is 58.4 Å². The van der Waals surface area contributed by atoms with Crippen molar-refractivity contribution < 1.29 is 9.90 Å². The molecule has 3 unspecified atom stereocenters. The fourth-order valence-corrected chi connectivity index (χ4v) is 4.75. The lowest BCUT2D eigenvalue weighted by Gasteiger charge is -2.48. The average Bonchev–Trinajstić information content (AvgIpc) is 2.70. The quantitative estimate of drug-likeness (QED) is 0.648. The predicted molar refractivity (Wildman–Crippen MR) is 119 cm³/mol. The number of fused-ring (bicyclic) bond motifs is 2. The molecule has 160 valence electrons. The number of hydrogen-bond acceptors (Lipinski definition) is 3. The summed E-state index contributed by atoms with van der Waals surface area (Å²) < 4.78 is 0. The SMILES string of the molecule is CN(CCCNC(=O)C(C)(C)C)CCC1(O)CC2CCC1C=C2c1ccccc1. The highest BCUT2D eigenvalue weighted by atomic mass is 16.3. The summed E-state index contributed by atoms with van der Waals surface area (Å²) in [5.74, 6) is 0.848. The molecular formula is C25H38N2O2. The maximum absolute atomic E-state index is 11.9. The summed E-state index contributed by atoms with van der Waals surface area (Å²) in [4.78, 5) is 14.2. The third-order valence-electron chi connectivity index (χ3n) is 6.65. The van der Waals surface area contributed by atoms with E-state index in [1.165, 1.54) is 17.6 Å². The predicted octanol–water partition coefficient (Wildman–Crippen LogP) is 4.11. The van der Waals surface area contributed by atoms with E-state index in [0.717, 1.165) is 38.8 Å². The average molecular weight is 399 g/mol. The van der Waals surface area contributed by atoms with Crippen molar-refractivity contribution in [2.24, 2.45) is 17.3 Å². The minimum atomic E-state index is -0.574. The summed E-state index contributed by atoms with van der Waals surface area (Å²) in [6.07, 6.45) is 7.28. The van der Waals surface area contributed by atoms with Crippen LogP contribution in [-0.2, 0) is 4.79 Å². The van der Waals surface area contributed by atoms with E-state index in [-0.39, 0.29) is 17.2 Å². The zero-order valence-electron chi connectivity index (χ0n) is 18.6. The molecule has 1 saturated carbocycles. The number of nitrogens with one attached hydrogen (secondary N) is 1. The Bertz CT molecular complexity index is 722. The summed E-state index contributed by atoms with van der Waals surface area (Å²) in [5.41, 5.74) is 1.85. The molecule has 29 heavy (non-hydrogen) atoms. The van der Waals surface area contributed by atoms with Gasteiger partial charge in [0.25, 0.3) is 0 Å². The van der Waals surface area contributed by atoms with E-state index in [1.807, 2.05) is 20.8 Å². The van der Waals surface area contributed by atoms with Crippen LogP contribution in [0.4, 0.5) is 0 Å². The topological polar surface area (TPSA) is 52.6 Å². The van der Waals surface area contributed by atoms with E-state index in [4.69, 9.17) is 0 Å². The molecule has 0 aromatic heterocycles. The first-order valence-electron chi connectivity index (χ1n) is 11.2. The second kappa shape index (κ2) is 9.01. The Hall–Kier alpha value is -1.65. The number of benzene rings is 1. The molecule has 1 amide bonds. The van der Waals surface area contributed by atoms with Gasteiger partial charge in [-0.1, -0.05) is 57.2 Å². The molecule has 4 rings (SSSR count). The molecule has 4 nitrogen and oxygen atoms in total. The van der Waals surface area contributed by atoms with Gasteiger partial charge in [0.2, 0.25) is 5.91 Å². The van der Waals surface area contributed by atoms with Gasteiger partial charge in [0.15, 0.2) is 0 Å². The van der Waals surface area contributed by atoms with Crippen molar-refractivity contribution in [3.8, 4) is 0 Å². The Labute approximate surface area is 176 Å².